The summed E-state index contributed by atoms with van der Waals surface area (Å²) in [7, 11) is 0. The van der Waals surface area contributed by atoms with E-state index in [9.17, 15) is 13.2 Å². The van der Waals surface area contributed by atoms with Crippen LogP contribution in [0.4, 0.5) is 13.2 Å². The van der Waals surface area contributed by atoms with E-state index in [4.69, 9.17) is 4.74 Å². The normalized spacial score (nSPS) is 11.9. The minimum Gasteiger partial charge on any atom is -0.493 e. The summed E-state index contributed by atoms with van der Waals surface area (Å²) in [6.07, 6.45) is -4.02. The number of rotatable bonds is 5. The topological polar surface area (TPSA) is 27.1 Å². The number of hydrogen-bond acceptors (Lipinski definition) is 2. The summed E-state index contributed by atoms with van der Waals surface area (Å²) in [5.41, 5.74) is 2.88. The maximum Gasteiger partial charge on any atom is 0.449 e. The van der Waals surface area contributed by atoms with Gasteiger partial charge in [0, 0.05) is 6.54 Å². The fourth-order valence-electron chi connectivity index (χ4n) is 2.94. The molecular weight excluding hydrogens is 329 g/mol. The van der Waals surface area contributed by atoms with Crippen LogP contribution in [-0.2, 0) is 12.7 Å². The Morgan fingerprint density at radius 1 is 1.00 bits per heavy atom. The quantitative estimate of drug-likeness (QED) is 0.597. The van der Waals surface area contributed by atoms with Gasteiger partial charge >= 0.3 is 6.18 Å². The van der Waals surface area contributed by atoms with Crippen molar-refractivity contribution in [2.45, 2.75) is 33.0 Å². The SMILES string of the molecule is Cc1cccc(C)c1OCCCn1c(C(F)(F)F)nc2ccccc21. The molecule has 0 spiro atoms. The van der Waals surface area contributed by atoms with Gasteiger partial charge in [0.1, 0.15) is 5.75 Å². The Morgan fingerprint density at radius 3 is 2.36 bits per heavy atom. The summed E-state index contributed by atoms with van der Waals surface area (Å²) in [5.74, 6) is -0.0604. The van der Waals surface area contributed by atoms with Crippen molar-refractivity contribution in [3.8, 4) is 5.75 Å². The van der Waals surface area contributed by atoms with Gasteiger partial charge in [-0.25, -0.2) is 4.98 Å². The van der Waals surface area contributed by atoms with E-state index in [0.29, 0.717) is 24.1 Å². The zero-order valence-electron chi connectivity index (χ0n) is 14.1. The lowest BCUT2D eigenvalue weighted by atomic mass is 10.1. The second kappa shape index (κ2) is 6.78. The van der Waals surface area contributed by atoms with E-state index >= 15 is 0 Å². The van der Waals surface area contributed by atoms with E-state index in [1.54, 1.807) is 24.3 Å². The molecule has 3 rings (SSSR count). The number of alkyl halides is 3. The van der Waals surface area contributed by atoms with Gasteiger partial charge in [-0.1, -0.05) is 30.3 Å². The molecule has 0 amide bonds. The molecule has 3 aromatic rings. The van der Waals surface area contributed by atoms with Gasteiger partial charge in [-0.05, 0) is 43.5 Å². The molecule has 132 valence electrons. The van der Waals surface area contributed by atoms with Crippen LogP contribution in [0.15, 0.2) is 42.5 Å². The zero-order chi connectivity index (χ0) is 18.0. The molecule has 1 heterocycles. The van der Waals surface area contributed by atoms with E-state index < -0.39 is 12.0 Å². The molecule has 3 nitrogen and oxygen atoms in total. The maximum absolute atomic E-state index is 13.3. The Labute approximate surface area is 144 Å². The van der Waals surface area contributed by atoms with E-state index in [1.807, 2.05) is 32.0 Å². The number of aryl methyl sites for hydroxylation is 3. The predicted octanol–water partition coefficient (Wildman–Crippen LogP) is 5.14. The number of fused-ring (bicyclic) bond motifs is 1. The molecule has 1 aromatic heterocycles. The van der Waals surface area contributed by atoms with Crippen molar-refractivity contribution >= 4 is 11.0 Å². The Morgan fingerprint density at radius 2 is 1.68 bits per heavy atom. The van der Waals surface area contributed by atoms with Crippen LogP contribution >= 0.6 is 0 Å². The van der Waals surface area contributed by atoms with Crippen LogP contribution in [0.3, 0.4) is 0 Å². The Balaban J connectivity index is 1.75. The van der Waals surface area contributed by atoms with Crippen LogP contribution in [0.25, 0.3) is 11.0 Å². The van der Waals surface area contributed by atoms with Crippen molar-refractivity contribution in [1.82, 2.24) is 9.55 Å². The Kier molecular flexibility index (Phi) is 4.70. The highest BCUT2D eigenvalue weighted by Gasteiger charge is 2.37. The molecular formula is C19H19F3N2O. The van der Waals surface area contributed by atoms with E-state index in [-0.39, 0.29) is 6.54 Å². The lowest BCUT2D eigenvalue weighted by Gasteiger charge is -2.14. The van der Waals surface area contributed by atoms with Crippen LogP contribution in [-0.4, -0.2) is 16.2 Å². The van der Waals surface area contributed by atoms with Crippen LogP contribution in [0.5, 0.6) is 5.75 Å². The van der Waals surface area contributed by atoms with Gasteiger partial charge in [-0.15, -0.1) is 0 Å². The number of ether oxygens (including phenoxy) is 1. The minimum atomic E-state index is -4.48. The number of halogens is 3. The summed E-state index contributed by atoms with van der Waals surface area (Å²) in [4.78, 5) is 3.75. The van der Waals surface area contributed by atoms with Gasteiger partial charge in [0.05, 0.1) is 17.6 Å². The average Bonchev–Trinajstić information content (AvgIpc) is 2.93. The number of aromatic nitrogens is 2. The summed E-state index contributed by atoms with van der Waals surface area (Å²) >= 11 is 0. The van der Waals surface area contributed by atoms with Gasteiger partial charge in [0.15, 0.2) is 0 Å². The highest BCUT2D eigenvalue weighted by molar-refractivity contribution is 5.76. The zero-order valence-corrected chi connectivity index (χ0v) is 14.1. The molecule has 6 heteroatoms. The lowest BCUT2D eigenvalue weighted by Crippen LogP contribution is -2.16. The highest BCUT2D eigenvalue weighted by atomic mass is 19.4. The molecule has 0 aliphatic rings. The predicted molar refractivity (Wildman–Crippen MR) is 90.8 cm³/mol. The summed E-state index contributed by atoms with van der Waals surface area (Å²) < 4.78 is 46.8. The number of para-hydroxylation sites is 3. The molecule has 25 heavy (non-hydrogen) atoms. The summed E-state index contributed by atoms with van der Waals surface area (Å²) in [6.45, 7) is 4.44. The molecule has 0 fully saturated rings. The molecule has 2 aromatic carbocycles. The van der Waals surface area contributed by atoms with E-state index in [1.165, 1.54) is 4.57 Å². The summed E-state index contributed by atoms with van der Waals surface area (Å²) in [5, 5.41) is 0. The van der Waals surface area contributed by atoms with Crippen molar-refractivity contribution < 1.29 is 17.9 Å². The standard InChI is InChI=1S/C19H19F3N2O/c1-13-7-5-8-14(2)17(13)25-12-6-11-24-16-10-4-3-9-15(16)23-18(24)19(20,21)22/h3-5,7-10H,6,11-12H2,1-2H3. The van der Waals surface area contributed by atoms with Gasteiger partial charge < -0.3 is 9.30 Å². The Bertz CT molecular complexity index is 864. The van der Waals surface area contributed by atoms with Crippen LogP contribution in [0.1, 0.15) is 23.4 Å². The fraction of sp³-hybridized carbons (Fsp3) is 0.316. The monoisotopic (exact) mass is 348 g/mol. The fourth-order valence-corrected chi connectivity index (χ4v) is 2.94. The van der Waals surface area contributed by atoms with Crippen LogP contribution < -0.4 is 4.74 Å². The maximum atomic E-state index is 13.3. The highest BCUT2D eigenvalue weighted by Crippen LogP contribution is 2.31. The second-order valence-electron chi connectivity index (χ2n) is 6.00. The molecule has 0 aliphatic carbocycles. The smallest absolute Gasteiger partial charge is 0.449 e. The molecule has 0 saturated carbocycles. The molecule has 0 atom stereocenters. The number of benzene rings is 2. The number of hydrogen-bond donors (Lipinski definition) is 0. The molecule has 0 N–H and O–H groups in total. The van der Waals surface area contributed by atoms with Crippen molar-refractivity contribution in [3.05, 3.63) is 59.4 Å². The van der Waals surface area contributed by atoms with Crippen molar-refractivity contribution in [1.29, 1.82) is 0 Å². The molecule has 0 radical (unpaired) electrons. The van der Waals surface area contributed by atoms with Gasteiger partial charge in [0.25, 0.3) is 0 Å². The first-order valence-corrected chi connectivity index (χ1v) is 8.09. The van der Waals surface area contributed by atoms with Gasteiger partial charge in [0.2, 0.25) is 5.82 Å². The largest absolute Gasteiger partial charge is 0.493 e. The first kappa shape index (κ1) is 17.3. The minimum absolute atomic E-state index is 0.195. The van der Waals surface area contributed by atoms with Crippen molar-refractivity contribution in [3.63, 3.8) is 0 Å². The van der Waals surface area contributed by atoms with Gasteiger partial charge in [-0.3, -0.25) is 0 Å². The molecule has 0 bridgehead atoms. The third-order valence-corrected chi connectivity index (χ3v) is 4.09. The first-order chi connectivity index (χ1) is 11.9. The first-order valence-electron chi connectivity index (χ1n) is 8.09. The van der Waals surface area contributed by atoms with E-state index in [0.717, 1.165) is 16.9 Å². The van der Waals surface area contributed by atoms with E-state index in [2.05, 4.69) is 4.98 Å². The van der Waals surface area contributed by atoms with Crippen molar-refractivity contribution in [2.75, 3.05) is 6.61 Å². The number of imidazole rings is 1. The second-order valence-corrected chi connectivity index (χ2v) is 6.00. The van der Waals surface area contributed by atoms with Crippen LogP contribution in [0, 0.1) is 13.8 Å². The molecule has 0 unspecified atom stereocenters. The third-order valence-electron chi connectivity index (χ3n) is 4.09. The Hall–Kier alpha value is -2.50. The molecule has 0 saturated heterocycles. The lowest BCUT2D eigenvalue weighted by molar-refractivity contribution is -0.147. The van der Waals surface area contributed by atoms with Gasteiger partial charge in [-0.2, -0.15) is 13.2 Å². The van der Waals surface area contributed by atoms with Crippen LogP contribution in [0.2, 0.25) is 0 Å². The van der Waals surface area contributed by atoms with Crippen molar-refractivity contribution in [2.24, 2.45) is 0 Å². The third kappa shape index (κ3) is 3.62. The number of nitrogens with zero attached hydrogens (tertiary/aromatic N) is 2. The average molecular weight is 348 g/mol. The molecule has 0 aliphatic heterocycles. The summed E-state index contributed by atoms with van der Waals surface area (Å²) in [6, 6.07) is 12.5.